The van der Waals surface area contributed by atoms with Gasteiger partial charge in [0.2, 0.25) is 11.8 Å². The van der Waals surface area contributed by atoms with Gasteiger partial charge >= 0.3 is 0 Å². The normalized spacial score (nSPS) is 25.7. The van der Waals surface area contributed by atoms with E-state index in [2.05, 4.69) is 4.90 Å². The lowest BCUT2D eigenvalue weighted by Gasteiger charge is -2.27. The minimum absolute atomic E-state index is 0.0752. The first kappa shape index (κ1) is 17.3. The summed E-state index contributed by atoms with van der Waals surface area (Å²) in [5, 5.41) is 0. The van der Waals surface area contributed by atoms with E-state index >= 15 is 0 Å². The van der Waals surface area contributed by atoms with Crippen molar-refractivity contribution in [2.24, 2.45) is 5.92 Å². The molecule has 6 nitrogen and oxygen atoms in total. The molecule has 0 N–H and O–H groups in total. The summed E-state index contributed by atoms with van der Waals surface area (Å²) in [6, 6.07) is 5.40. The number of likely N-dealkylation sites (tertiary alicyclic amines) is 2. The van der Waals surface area contributed by atoms with Crippen LogP contribution in [0.25, 0.3) is 0 Å². The summed E-state index contributed by atoms with van der Waals surface area (Å²) in [4.78, 5) is 41.3. The zero-order chi connectivity index (χ0) is 18.1. The van der Waals surface area contributed by atoms with Crippen LogP contribution in [0.5, 0.6) is 0 Å². The molecule has 0 spiro atoms. The van der Waals surface area contributed by atoms with E-state index in [0.717, 1.165) is 38.8 Å². The number of carbonyl (C=O) groups is 2. The molecule has 1 aliphatic carbocycles. The molecule has 2 atom stereocenters. The number of amides is 2. The fourth-order valence-corrected chi connectivity index (χ4v) is 4.98. The van der Waals surface area contributed by atoms with E-state index in [9.17, 15) is 14.4 Å². The number of fused-ring (bicyclic) bond motifs is 1. The van der Waals surface area contributed by atoms with Gasteiger partial charge in [0.15, 0.2) is 0 Å². The van der Waals surface area contributed by atoms with Crippen LogP contribution in [-0.2, 0) is 16.1 Å². The highest BCUT2D eigenvalue weighted by Crippen LogP contribution is 2.35. The van der Waals surface area contributed by atoms with Crippen LogP contribution in [0, 0.1) is 5.92 Å². The molecule has 3 heterocycles. The second-order valence-corrected chi connectivity index (χ2v) is 7.79. The maximum Gasteiger partial charge on any atom is 0.250 e. The Balaban J connectivity index is 1.36. The molecule has 0 aromatic carbocycles. The van der Waals surface area contributed by atoms with Crippen molar-refractivity contribution < 1.29 is 9.59 Å². The van der Waals surface area contributed by atoms with Crippen LogP contribution >= 0.6 is 0 Å². The first-order valence-corrected chi connectivity index (χ1v) is 9.90. The lowest BCUT2D eigenvalue weighted by atomic mass is 10.1. The highest BCUT2D eigenvalue weighted by atomic mass is 16.2. The van der Waals surface area contributed by atoms with Gasteiger partial charge in [0.25, 0.3) is 5.56 Å². The van der Waals surface area contributed by atoms with Gasteiger partial charge < -0.3 is 14.4 Å². The van der Waals surface area contributed by atoms with Crippen molar-refractivity contribution in [2.45, 2.75) is 63.6 Å². The van der Waals surface area contributed by atoms with E-state index in [0.29, 0.717) is 18.9 Å². The van der Waals surface area contributed by atoms with Crippen LogP contribution in [0.2, 0.25) is 0 Å². The summed E-state index contributed by atoms with van der Waals surface area (Å²) in [7, 11) is 0. The fourth-order valence-electron chi connectivity index (χ4n) is 4.98. The lowest BCUT2D eigenvalue weighted by molar-refractivity contribution is -0.137. The van der Waals surface area contributed by atoms with Crippen LogP contribution in [0.3, 0.4) is 0 Å². The fraction of sp³-hybridized carbons (Fsp3) is 0.650. The van der Waals surface area contributed by atoms with E-state index in [1.807, 2.05) is 4.90 Å². The van der Waals surface area contributed by atoms with Crippen LogP contribution in [0.15, 0.2) is 29.2 Å². The van der Waals surface area contributed by atoms with Crippen LogP contribution < -0.4 is 5.56 Å². The molecule has 1 aromatic heterocycles. The number of aryl methyl sites for hydroxylation is 1. The minimum atomic E-state index is -0.0752. The van der Waals surface area contributed by atoms with Gasteiger partial charge in [-0.05, 0) is 31.7 Å². The topological polar surface area (TPSA) is 62.6 Å². The molecule has 0 radical (unpaired) electrons. The smallest absolute Gasteiger partial charge is 0.250 e. The van der Waals surface area contributed by atoms with E-state index < -0.39 is 0 Å². The number of hydrogen-bond acceptors (Lipinski definition) is 3. The molecule has 140 valence electrons. The van der Waals surface area contributed by atoms with Gasteiger partial charge in [-0.1, -0.05) is 18.9 Å². The Morgan fingerprint density at radius 3 is 2.38 bits per heavy atom. The molecule has 0 unspecified atom stereocenters. The van der Waals surface area contributed by atoms with E-state index in [4.69, 9.17) is 0 Å². The molecule has 2 aliphatic heterocycles. The van der Waals surface area contributed by atoms with Gasteiger partial charge in [0.05, 0.1) is 12.1 Å². The summed E-state index contributed by atoms with van der Waals surface area (Å²) in [5.74, 6) is 0.631. The summed E-state index contributed by atoms with van der Waals surface area (Å²) >= 11 is 0. The zero-order valence-electron chi connectivity index (χ0n) is 15.2. The largest absolute Gasteiger partial charge is 0.337 e. The number of pyridine rings is 1. The van der Waals surface area contributed by atoms with Gasteiger partial charge in [-0.15, -0.1) is 0 Å². The average Bonchev–Trinajstić information content (AvgIpc) is 3.37. The quantitative estimate of drug-likeness (QED) is 0.823. The van der Waals surface area contributed by atoms with Crippen molar-refractivity contribution >= 4 is 11.8 Å². The van der Waals surface area contributed by atoms with Gasteiger partial charge in [0, 0.05) is 44.2 Å². The van der Waals surface area contributed by atoms with Crippen LogP contribution in [-0.4, -0.2) is 51.4 Å². The third kappa shape index (κ3) is 3.17. The summed E-state index contributed by atoms with van der Waals surface area (Å²) < 4.78 is 1.58. The van der Waals surface area contributed by atoms with Gasteiger partial charge in [-0.3, -0.25) is 14.4 Å². The predicted octanol–water partition coefficient (Wildman–Crippen LogP) is 1.63. The standard InChI is InChI=1S/C20H27N3O3/c24-18-7-3-4-11-21(18)12-10-19(25)22-13-8-17-16(22)9-14-23(17)20(26)15-5-1-2-6-15/h3-4,7,11,15-17H,1-2,5-6,8-10,12-14H2/t16-,17-/m0/s1. The molecule has 4 rings (SSSR count). The molecular formula is C20H27N3O3. The summed E-state index contributed by atoms with van der Waals surface area (Å²) in [6.45, 7) is 1.93. The lowest BCUT2D eigenvalue weighted by Crippen LogP contribution is -2.43. The molecule has 3 aliphatic rings. The molecule has 26 heavy (non-hydrogen) atoms. The molecule has 6 heteroatoms. The Morgan fingerprint density at radius 2 is 1.65 bits per heavy atom. The van der Waals surface area contributed by atoms with Gasteiger partial charge in [-0.25, -0.2) is 0 Å². The van der Waals surface area contributed by atoms with Gasteiger partial charge in [0.1, 0.15) is 0 Å². The van der Waals surface area contributed by atoms with Crippen molar-refractivity contribution in [3.8, 4) is 0 Å². The zero-order valence-corrected chi connectivity index (χ0v) is 15.2. The monoisotopic (exact) mass is 357 g/mol. The Morgan fingerprint density at radius 1 is 0.962 bits per heavy atom. The van der Waals surface area contributed by atoms with Crippen LogP contribution in [0.4, 0.5) is 0 Å². The van der Waals surface area contributed by atoms with Crippen molar-refractivity contribution in [1.82, 2.24) is 14.4 Å². The van der Waals surface area contributed by atoms with E-state index in [1.165, 1.54) is 18.9 Å². The number of carbonyl (C=O) groups excluding carboxylic acids is 2. The first-order chi connectivity index (χ1) is 12.6. The molecule has 2 saturated heterocycles. The summed E-state index contributed by atoms with van der Waals surface area (Å²) in [5.41, 5.74) is -0.0752. The highest BCUT2D eigenvalue weighted by Gasteiger charge is 2.47. The maximum atomic E-state index is 12.8. The Kier molecular flexibility index (Phi) is 4.83. The maximum absolute atomic E-state index is 12.8. The SMILES string of the molecule is O=C(CCn1ccccc1=O)N1CC[C@H]2[C@@H]1CCN2C(=O)C1CCCC1. The molecule has 2 amide bonds. The third-order valence-electron chi connectivity index (χ3n) is 6.35. The summed E-state index contributed by atoms with van der Waals surface area (Å²) in [6.07, 6.45) is 8.23. The van der Waals surface area contributed by atoms with Crippen molar-refractivity contribution in [3.63, 3.8) is 0 Å². The number of aromatic nitrogens is 1. The first-order valence-electron chi connectivity index (χ1n) is 9.90. The van der Waals surface area contributed by atoms with Crippen molar-refractivity contribution in [2.75, 3.05) is 13.1 Å². The molecule has 3 fully saturated rings. The molecular weight excluding hydrogens is 330 g/mol. The molecule has 1 saturated carbocycles. The molecule has 1 aromatic rings. The number of rotatable bonds is 4. The highest BCUT2D eigenvalue weighted by molar-refractivity contribution is 5.81. The van der Waals surface area contributed by atoms with Crippen LogP contribution in [0.1, 0.15) is 44.9 Å². The second kappa shape index (κ2) is 7.25. The number of hydrogen-bond donors (Lipinski definition) is 0. The van der Waals surface area contributed by atoms with E-state index in [-0.39, 0.29) is 29.5 Å². The Hall–Kier alpha value is -2.11. The van der Waals surface area contributed by atoms with Crippen molar-refractivity contribution in [1.29, 1.82) is 0 Å². The Bertz CT molecular complexity index is 738. The molecule has 0 bridgehead atoms. The average molecular weight is 357 g/mol. The Labute approximate surface area is 153 Å². The second-order valence-electron chi connectivity index (χ2n) is 7.79. The van der Waals surface area contributed by atoms with E-state index in [1.54, 1.807) is 22.9 Å². The third-order valence-corrected chi connectivity index (χ3v) is 6.35. The predicted molar refractivity (Wildman–Crippen MR) is 97.5 cm³/mol. The number of nitrogens with zero attached hydrogens (tertiary/aromatic N) is 3. The van der Waals surface area contributed by atoms with Gasteiger partial charge in [-0.2, -0.15) is 0 Å². The minimum Gasteiger partial charge on any atom is -0.337 e. The van der Waals surface area contributed by atoms with Crippen molar-refractivity contribution in [3.05, 3.63) is 34.7 Å².